The molecule has 0 saturated heterocycles. The van der Waals surface area contributed by atoms with Crippen LogP contribution < -0.4 is 14.8 Å². The number of ether oxygens (including phenoxy) is 2. The van der Waals surface area contributed by atoms with Crippen molar-refractivity contribution in [3.05, 3.63) is 64.5 Å². The molecule has 25 heavy (non-hydrogen) atoms. The summed E-state index contributed by atoms with van der Waals surface area (Å²) in [6.45, 7) is 0. The van der Waals surface area contributed by atoms with Gasteiger partial charge in [-0.15, -0.1) is 11.3 Å². The van der Waals surface area contributed by atoms with Crippen molar-refractivity contribution in [2.75, 3.05) is 19.5 Å². The summed E-state index contributed by atoms with van der Waals surface area (Å²) < 4.78 is 10.4. The van der Waals surface area contributed by atoms with Gasteiger partial charge in [0.1, 0.15) is 11.5 Å². The molecule has 0 saturated carbocycles. The van der Waals surface area contributed by atoms with E-state index in [1.807, 2.05) is 30.3 Å². The first-order valence-corrected chi connectivity index (χ1v) is 8.68. The van der Waals surface area contributed by atoms with Crippen LogP contribution in [0.1, 0.15) is 9.67 Å². The third-order valence-corrected chi connectivity index (χ3v) is 4.95. The van der Waals surface area contributed by atoms with E-state index in [1.54, 1.807) is 38.5 Å². The van der Waals surface area contributed by atoms with Gasteiger partial charge in [-0.2, -0.15) is 0 Å². The van der Waals surface area contributed by atoms with Gasteiger partial charge in [0.15, 0.2) is 0 Å². The molecule has 0 unspecified atom stereocenters. The van der Waals surface area contributed by atoms with Crippen LogP contribution in [0.5, 0.6) is 11.5 Å². The van der Waals surface area contributed by atoms with E-state index in [9.17, 15) is 4.79 Å². The maximum absolute atomic E-state index is 12.5. The fourth-order valence-corrected chi connectivity index (χ4v) is 3.33. The molecule has 0 aliphatic heterocycles. The number of anilines is 1. The van der Waals surface area contributed by atoms with E-state index in [-0.39, 0.29) is 5.91 Å². The maximum Gasteiger partial charge on any atom is 0.265 e. The Balaban J connectivity index is 1.79. The molecule has 0 fully saturated rings. The third kappa shape index (κ3) is 4.13. The number of hydrogen-bond acceptors (Lipinski definition) is 4. The Bertz CT molecular complexity index is 868. The largest absolute Gasteiger partial charge is 0.497 e. The molecule has 0 bridgehead atoms. The van der Waals surface area contributed by atoms with Gasteiger partial charge in [-0.3, -0.25) is 4.79 Å². The fourth-order valence-electron chi connectivity index (χ4n) is 2.30. The van der Waals surface area contributed by atoms with Gasteiger partial charge in [-0.1, -0.05) is 23.7 Å². The van der Waals surface area contributed by atoms with Gasteiger partial charge in [0.2, 0.25) is 0 Å². The second kappa shape index (κ2) is 7.59. The number of hydrogen-bond donors (Lipinski definition) is 1. The topological polar surface area (TPSA) is 47.6 Å². The number of halogens is 1. The summed E-state index contributed by atoms with van der Waals surface area (Å²) in [6.07, 6.45) is 0. The second-order valence-electron chi connectivity index (χ2n) is 5.23. The van der Waals surface area contributed by atoms with Crippen molar-refractivity contribution in [3.63, 3.8) is 0 Å². The predicted octanol–water partition coefficient (Wildman–Crippen LogP) is 5.34. The molecule has 3 rings (SSSR count). The lowest BCUT2D eigenvalue weighted by Gasteiger charge is -2.09. The van der Waals surface area contributed by atoms with Gasteiger partial charge in [-0.05, 0) is 29.8 Å². The number of carbonyl (C=O) groups is 1. The van der Waals surface area contributed by atoms with Crippen LogP contribution in [-0.4, -0.2) is 20.1 Å². The van der Waals surface area contributed by atoms with Crippen molar-refractivity contribution in [1.82, 2.24) is 0 Å². The van der Waals surface area contributed by atoms with Crippen LogP contribution >= 0.6 is 22.9 Å². The van der Waals surface area contributed by atoms with Gasteiger partial charge >= 0.3 is 0 Å². The smallest absolute Gasteiger partial charge is 0.265 e. The minimum atomic E-state index is -0.180. The number of nitrogens with one attached hydrogen (secondary N) is 1. The lowest BCUT2D eigenvalue weighted by molar-refractivity contribution is 0.103. The number of rotatable bonds is 5. The van der Waals surface area contributed by atoms with Crippen molar-refractivity contribution in [2.24, 2.45) is 0 Å². The minimum absolute atomic E-state index is 0.180. The Kier molecular flexibility index (Phi) is 5.26. The van der Waals surface area contributed by atoms with Gasteiger partial charge < -0.3 is 14.8 Å². The van der Waals surface area contributed by atoms with Crippen LogP contribution in [0.2, 0.25) is 5.02 Å². The maximum atomic E-state index is 12.5. The van der Waals surface area contributed by atoms with Crippen molar-refractivity contribution >= 4 is 34.5 Å². The summed E-state index contributed by atoms with van der Waals surface area (Å²) in [6, 6.07) is 16.5. The molecule has 128 valence electrons. The SMILES string of the molecule is COc1cc(NC(=O)c2ccc(-c3ccc(Cl)cc3)s2)cc(OC)c1. The highest BCUT2D eigenvalue weighted by Crippen LogP contribution is 2.30. The molecule has 6 heteroatoms. The predicted molar refractivity (Wildman–Crippen MR) is 102 cm³/mol. The molecule has 1 heterocycles. The van der Waals surface area contributed by atoms with Crippen molar-refractivity contribution in [3.8, 4) is 21.9 Å². The van der Waals surface area contributed by atoms with Crippen molar-refractivity contribution < 1.29 is 14.3 Å². The summed E-state index contributed by atoms with van der Waals surface area (Å²) >= 11 is 7.33. The highest BCUT2D eigenvalue weighted by atomic mass is 35.5. The molecule has 0 radical (unpaired) electrons. The first kappa shape index (κ1) is 17.3. The Morgan fingerprint density at radius 1 is 0.960 bits per heavy atom. The van der Waals surface area contributed by atoms with E-state index >= 15 is 0 Å². The van der Waals surface area contributed by atoms with Crippen LogP contribution in [0.15, 0.2) is 54.6 Å². The quantitative estimate of drug-likeness (QED) is 0.656. The van der Waals surface area contributed by atoms with Crippen LogP contribution in [0, 0.1) is 0 Å². The number of methoxy groups -OCH3 is 2. The average Bonchev–Trinajstić information content (AvgIpc) is 3.12. The van der Waals surface area contributed by atoms with Crippen LogP contribution in [0.4, 0.5) is 5.69 Å². The Labute approximate surface area is 155 Å². The number of amides is 1. The summed E-state index contributed by atoms with van der Waals surface area (Å²) in [4.78, 5) is 14.1. The fraction of sp³-hybridized carbons (Fsp3) is 0.105. The van der Waals surface area contributed by atoms with E-state index in [0.29, 0.717) is 27.1 Å². The zero-order valence-corrected chi connectivity index (χ0v) is 15.3. The molecule has 4 nitrogen and oxygen atoms in total. The Hall–Kier alpha value is -2.50. The Morgan fingerprint density at radius 2 is 1.60 bits per heavy atom. The molecule has 0 aliphatic rings. The third-order valence-electron chi connectivity index (χ3n) is 3.57. The van der Waals surface area contributed by atoms with E-state index in [1.165, 1.54) is 11.3 Å². The van der Waals surface area contributed by atoms with E-state index < -0.39 is 0 Å². The molecular weight excluding hydrogens is 358 g/mol. The molecular formula is C19H16ClNO3S. The van der Waals surface area contributed by atoms with E-state index in [0.717, 1.165) is 10.4 Å². The van der Waals surface area contributed by atoms with Crippen LogP contribution in [0.3, 0.4) is 0 Å². The number of carbonyl (C=O) groups excluding carboxylic acids is 1. The average molecular weight is 374 g/mol. The molecule has 1 N–H and O–H groups in total. The highest BCUT2D eigenvalue weighted by Gasteiger charge is 2.12. The number of benzene rings is 2. The molecule has 2 aromatic carbocycles. The van der Waals surface area contributed by atoms with E-state index in [2.05, 4.69) is 5.32 Å². The standard InChI is InChI=1S/C19H16ClNO3S/c1-23-15-9-14(10-16(11-15)24-2)21-19(22)18-8-7-17(25-18)12-3-5-13(20)6-4-12/h3-11H,1-2H3,(H,21,22). The Morgan fingerprint density at radius 3 is 2.20 bits per heavy atom. The number of thiophene rings is 1. The first-order valence-electron chi connectivity index (χ1n) is 7.49. The monoisotopic (exact) mass is 373 g/mol. The highest BCUT2D eigenvalue weighted by molar-refractivity contribution is 7.17. The van der Waals surface area contributed by atoms with Gasteiger partial charge in [-0.25, -0.2) is 0 Å². The molecule has 3 aromatic rings. The minimum Gasteiger partial charge on any atom is -0.497 e. The lowest BCUT2D eigenvalue weighted by Crippen LogP contribution is -2.10. The zero-order chi connectivity index (χ0) is 17.8. The summed E-state index contributed by atoms with van der Waals surface area (Å²) in [5.41, 5.74) is 1.64. The molecule has 0 aliphatic carbocycles. The molecule has 1 aromatic heterocycles. The van der Waals surface area contributed by atoms with Crippen molar-refractivity contribution in [2.45, 2.75) is 0 Å². The molecule has 0 spiro atoms. The summed E-state index contributed by atoms with van der Waals surface area (Å²) in [5.74, 6) is 1.05. The lowest BCUT2D eigenvalue weighted by atomic mass is 10.2. The molecule has 1 amide bonds. The van der Waals surface area contributed by atoms with Gasteiger partial charge in [0, 0.05) is 33.8 Å². The van der Waals surface area contributed by atoms with Crippen LogP contribution in [-0.2, 0) is 0 Å². The first-order chi connectivity index (χ1) is 12.1. The van der Waals surface area contributed by atoms with Crippen molar-refractivity contribution in [1.29, 1.82) is 0 Å². The van der Waals surface area contributed by atoms with Gasteiger partial charge in [0.25, 0.3) is 5.91 Å². The molecule has 0 atom stereocenters. The zero-order valence-electron chi connectivity index (χ0n) is 13.7. The summed E-state index contributed by atoms with van der Waals surface area (Å²) in [7, 11) is 3.13. The second-order valence-corrected chi connectivity index (χ2v) is 6.75. The summed E-state index contributed by atoms with van der Waals surface area (Å²) in [5, 5.41) is 3.56. The van der Waals surface area contributed by atoms with Crippen LogP contribution in [0.25, 0.3) is 10.4 Å². The normalized spacial score (nSPS) is 10.4. The van der Waals surface area contributed by atoms with E-state index in [4.69, 9.17) is 21.1 Å². The van der Waals surface area contributed by atoms with Gasteiger partial charge in [0.05, 0.1) is 19.1 Å².